The highest BCUT2D eigenvalue weighted by molar-refractivity contribution is 5.92. The zero-order chi connectivity index (χ0) is 13.1. The van der Waals surface area contributed by atoms with E-state index < -0.39 is 5.97 Å². The average Bonchev–Trinajstić information content (AvgIpc) is 2.68. The van der Waals surface area contributed by atoms with E-state index in [9.17, 15) is 4.79 Å². The summed E-state index contributed by atoms with van der Waals surface area (Å²) in [5.41, 5.74) is 1.58. The van der Waals surface area contributed by atoms with E-state index in [1.807, 2.05) is 4.57 Å². The van der Waals surface area contributed by atoms with Crippen molar-refractivity contribution in [2.45, 2.75) is 13.2 Å². The molecule has 0 bridgehead atoms. The van der Waals surface area contributed by atoms with Crippen molar-refractivity contribution < 1.29 is 19.7 Å². The van der Waals surface area contributed by atoms with Gasteiger partial charge in [0.25, 0.3) is 0 Å². The van der Waals surface area contributed by atoms with Crippen LogP contribution in [0.2, 0.25) is 0 Å². The number of fused-ring (bicyclic) bond motifs is 1. The fourth-order valence-electron chi connectivity index (χ4n) is 1.90. The van der Waals surface area contributed by atoms with Crippen molar-refractivity contribution in [1.29, 1.82) is 0 Å². The Balaban J connectivity index is 2.56. The van der Waals surface area contributed by atoms with Crippen LogP contribution in [0.1, 0.15) is 16.2 Å². The van der Waals surface area contributed by atoms with Crippen LogP contribution in [0.25, 0.3) is 11.0 Å². The molecule has 6 nitrogen and oxygen atoms in total. The van der Waals surface area contributed by atoms with Gasteiger partial charge in [0.05, 0.1) is 23.2 Å². The second kappa shape index (κ2) is 5.16. The zero-order valence-electron chi connectivity index (χ0n) is 9.96. The summed E-state index contributed by atoms with van der Waals surface area (Å²) in [7, 11) is 1.56. The molecule has 0 radical (unpaired) electrons. The molecule has 2 aromatic rings. The number of nitrogens with zero attached hydrogens (tertiary/aromatic N) is 2. The standard InChI is InChI=1S/C12H14N2O4/c1-18-7-11-13-9-6-8(12(16)17)2-3-10(9)14(11)4-5-15/h2-3,6,15H,4-5,7H2,1H3,(H,16,17). The summed E-state index contributed by atoms with van der Waals surface area (Å²) in [5, 5.41) is 18.0. The number of carboxylic acid groups (broad SMARTS) is 1. The van der Waals surface area contributed by atoms with Crippen LogP contribution >= 0.6 is 0 Å². The summed E-state index contributed by atoms with van der Waals surface area (Å²) in [6.07, 6.45) is 0. The molecule has 2 rings (SSSR count). The summed E-state index contributed by atoms with van der Waals surface area (Å²) in [6, 6.07) is 4.74. The fourth-order valence-corrected chi connectivity index (χ4v) is 1.90. The number of rotatable bonds is 5. The first kappa shape index (κ1) is 12.5. The largest absolute Gasteiger partial charge is 0.478 e. The van der Waals surface area contributed by atoms with E-state index in [-0.39, 0.29) is 12.2 Å². The molecule has 0 atom stereocenters. The van der Waals surface area contributed by atoms with Gasteiger partial charge in [0, 0.05) is 13.7 Å². The van der Waals surface area contributed by atoms with Crippen molar-refractivity contribution in [3.63, 3.8) is 0 Å². The van der Waals surface area contributed by atoms with E-state index in [4.69, 9.17) is 14.9 Å². The topological polar surface area (TPSA) is 84.6 Å². The van der Waals surface area contributed by atoms with Gasteiger partial charge in [-0.3, -0.25) is 0 Å². The Kier molecular flexibility index (Phi) is 3.59. The molecule has 0 aliphatic rings. The molecular formula is C12H14N2O4. The Morgan fingerprint density at radius 2 is 2.28 bits per heavy atom. The first-order chi connectivity index (χ1) is 8.67. The number of imidazole rings is 1. The van der Waals surface area contributed by atoms with Crippen LogP contribution in [0.15, 0.2) is 18.2 Å². The Bertz CT molecular complexity index is 577. The Morgan fingerprint density at radius 1 is 1.50 bits per heavy atom. The quantitative estimate of drug-likeness (QED) is 0.822. The first-order valence-corrected chi connectivity index (χ1v) is 5.49. The monoisotopic (exact) mass is 250 g/mol. The second-order valence-electron chi connectivity index (χ2n) is 3.84. The van der Waals surface area contributed by atoms with E-state index in [1.54, 1.807) is 13.2 Å². The number of carboxylic acids is 1. The van der Waals surface area contributed by atoms with E-state index in [0.29, 0.717) is 24.5 Å². The third-order valence-electron chi connectivity index (χ3n) is 2.67. The van der Waals surface area contributed by atoms with E-state index in [2.05, 4.69) is 4.98 Å². The predicted octanol–water partition coefficient (Wildman–Crippen LogP) is 0.873. The zero-order valence-corrected chi connectivity index (χ0v) is 9.96. The summed E-state index contributed by atoms with van der Waals surface area (Å²) in [5.74, 6) is -0.314. The number of aliphatic hydroxyl groups excluding tert-OH is 1. The molecule has 1 aromatic carbocycles. The number of aromatic carboxylic acids is 1. The number of aromatic nitrogens is 2. The van der Waals surface area contributed by atoms with Crippen LogP contribution in [0.5, 0.6) is 0 Å². The molecule has 0 aliphatic heterocycles. The van der Waals surface area contributed by atoms with Gasteiger partial charge in [-0.25, -0.2) is 9.78 Å². The Morgan fingerprint density at radius 3 is 2.89 bits per heavy atom. The van der Waals surface area contributed by atoms with Crippen molar-refractivity contribution in [1.82, 2.24) is 9.55 Å². The Hall–Kier alpha value is -1.92. The maximum absolute atomic E-state index is 10.9. The van der Waals surface area contributed by atoms with Crippen molar-refractivity contribution in [3.8, 4) is 0 Å². The van der Waals surface area contributed by atoms with Gasteiger partial charge in [-0.1, -0.05) is 0 Å². The van der Waals surface area contributed by atoms with Gasteiger partial charge in [-0.15, -0.1) is 0 Å². The number of ether oxygens (including phenoxy) is 1. The molecule has 2 N–H and O–H groups in total. The second-order valence-corrected chi connectivity index (χ2v) is 3.84. The van der Waals surface area contributed by atoms with Crippen LogP contribution in [-0.4, -0.2) is 39.5 Å². The number of benzene rings is 1. The van der Waals surface area contributed by atoms with Crippen molar-refractivity contribution in [2.75, 3.05) is 13.7 Å². The lowest BCUT2D eigenvalue weighted by Crippen LogP contribution is -2.07. The highest BCUT2D eigenvalue weighted by Crippen LogP contribution is 2.18. The van der Waals surface area contributed by atoms with E-state index in [1.165, 1.54) is 12.1 Å². The van der Waals surface area contributed by atoms with Gasteiger partial charge in [0.15, 0.2) is 0 Å². The highest BCUT2D eigenvalue weighted by atomic mass is 16.5. The average molecular weight is 250 g/mol. The normalized spacial score (nSPS) is 11.0. The molecule has 0 spiro atoms. The van der Waals surface area contributed by atoms with Crippen molar-refractivity contribution >= 4 is 17.0 Å². The lowest BCUT2D eigenvalue weighted by Gasteiger charge is -2.06. The molecular weight excluding hydrogens is 236 g/mol. The van der Waals surface area contributed by atoms with Gasteiger partial charge in [0.1, 0.15) is 12.4 Å². The SMILES string of the molecule is COCc1nc2cc(C(=O)O)ccc2n1CCO. The molecule has 6 heteroatoms. The smallest absolute Gasteiger partial charge is 0.335 e. The molecule has 0 amide bonds. The first-order valence-electron chi connectivity index (χ1n) is 5.49. The van der Waals surface area contributed by atoms with Gasteiger partial charge in [-0.2, -0.15) is 0 Å². The van der Waals surface area contributed by atoms with Crippen molar-refractivity contribution in [2.24, 2.45) is 0 Å². The van der Waals surface area contributed by atoms with Gasteiger partial charge < -0.3 is 19.5 Å². The van der Waals surface area contributed by atoms with Gasteiger partial charge in [0.2, 0.25) is 0 Å². The van der Waals surface area contributed by atoms with Gasteiger partial charge >= 0.3 is 5.97 Å². The Labute approximate surface area is 103 Å². The van der Waals surface area contributed by atoms with Crippen LogP contribution in [-0.2, 0) is 17.9 Å². The minimum atomic E-state index is -0.984. The number of methoxy groups -OCH3 is 1. The molecule has 0 saturated carbocycles. The summed E-state index contributed by atoms with van der Waals surface area (Å²) in [4.78, 5) is 15.2. The molecule has 0 saturated heterocycles. The summed E-state index contributed by atoms with van der Waals surface area (Å²) in [6.45, 7) is 0.710. The third-order valence-corrected chi connectivity index (χ3v) is 2.67. The number of hydrogen-bond donors (Lipinski definition) is 2. The van der Waals surface area contributed by atoms with Gasteiger partial charge in [-0.05, 0) is 18.2 Å². The molecule has 96 valence electrons. The van der Waals surface area contributed by atoms with Crippen LogP contribution in [0.4, 0.5) is 0 Å². The fraction of sp³-hybridized carbons (Fsp3) is 0.333. The summed E-state index contributed by atoms with van der Waals surface area (Å²) >= 11 is 0. The molecule has 0 unspecified atom stereocenters. The minimum Gasteiger partial charge on any atom is -0.478 e. The molecule has 0 aliphatic carbocycles. The number of aliphatic hydroxyl groups is 1. The number of hydrogen-bond acceptors (Lipinski definition) is 4. The van der Waals surface area contributed by atoms with Crippen molar-refractivity contribution in [3.05, 3.63) is 29.6 Å². The maximum Gasteiger partial charge on any atom is 0.335 e. The van der Waals surface area contributed by atoms with Crippen LogP contribution < -0.4 is 0 Å². The third kappa shape index (κ3) is 2.20. The minimum absolute atomic E-state index is 0.0111. The molecule has 18 heavy (non-hydrogen) atoms. The molecule has 1 aromatic heterocycles. The van der Waals surface area contributed by atoms with Crippen LogP contribution in [0.3, 0.4) is 0 Å². The predicted molar refractivity (Wildman–Crippen MR) is 64.5 cm³/mol. The van der Waals surface area contributed by atoms with E-state index >= 15 is 0 Å². The molecule has 0 fully saturated rings. The number of carbonyl (C=O) groups is 1. The lowest BCUT2D eigenvalue weighted by molar-refractivity contribution is 0.0697. The lowest BCUT2D eigenvalue weighted by atomic mass is 10.2. The summed E-state index contributed by atoms with van der Waals surface area (Å²) < 4.78 is 6.86. The highest BCUT2D eigenvalue weighted by Gasteiger charge is 2.12. The maximum atomic E-state index is 10.9. The van der Waals surface area contributed by atoms with E-state index in [0.717, 1.165) is 5.52 Å². The van der Waals surface area contributed by atoms with Crippen LogP contribution in [0, 0.1) is 0 Å². The molecule has 1 heterocycles.